The van der Waals surface area contributed by atoms with E-state index in [0.717, 1.165) is 4.57 Å². The Bertz CT molecular complexity index is 681. The van der Waals surface area contributed by atoms with Gasteiger partial charge in [-0.3, -0.25) is 18.7 Å². The van der Waals surface area contributed by atoms with E-state index in [1.54, 1.807) is 14.0 Å². The van der Waals surface area contributed by atoms with Gasteiger partial charge < -0.3 is 5.73 Å². The summed E-state index contributed by atoms with van der Waals surface area (Å²) in [6.07, 6.45) is 0.195. The van der Waals surface area contributed by atoms with E-state index in [0.29, 0.717) is 17.1 Å². The average Bonchev–Trinajstić information content (AvgIpc) is 2.33. The molecular formula is C11H14N4O3. The van der Waals surface area contributed by atoms with Gasteiger partial charge in [-0.15, -0.1) is 0 Å². The van der Waals surface area contributed by atoms with Crippen LogP contribution in [-0.4, -0.2) is 20.8 Å². The molecule has 2 heterocycles. The van der Waals surface area contributed by atoms with E-state index in [1.165, 1.54) is 11.6 Å². The molecule has 18 heavy (non-hydrogen) atoms. The highest BCUT2D eigenvalue weighted by molar-refractivity contribution is 6.04. The molecule has 7 heteroatoms. The van der Waals surface area contributed by atoms with Crippen molar-refractivity contribution in [2.45, 2.75) is 13.3 Å². The molecule has 1 amide bonds. The lowest BCUT2D eigenvalue weighted by Gasteiger charge is -2.21. The van der Waals surface area contributed by atoms with Crippen LogP contribution in [-0.2, 0) is 25.3 Å². The maximum absolute atomic E-state index is 12.0. The largest absolute Gasteiger partial charge is 0.369 e. The van der Waals surface area contributed by atoms with Crippen LogP contribution in [0.15, 0.2) is 14.6 Å². The number of nitrogens with two attached hydrogens (primary N) is 1. The maximum Gasteiger partial charge on any atom is 0.332 e. The second-order valence-electron chi connectivity index (χ2n) is 4.42. The number of amides is 1. The predicted molar refractivity (Wildman–Crippen MR) is 66.1 cm³/mol. The maximum atomic E-state index is 12.0. The third-order valence-corrected chi connectivity index (χ3v) is 3.26. The molecule has 1 aromatic heterocycles. The van der Waals surface area contributed by atoms with Crippen LogP contribution >= 0.6 is 0 Å². The first kappa shape index (κ1) is 12.3. The van der Waals surface area contributed by atoms with Crippen molar-refractivity contribution in [1.29, 1.82) is 0 Å². The number of carbonyl (C=O) groups is 1. The zero-order valence-electron chi connectivity index (χ0n) is 10.4. The normalized spacial score (nSPS) is 18.2. The van der Waals surface area contributed by atoms with E-state index in [-0.39, 0.29) is 6.42 Å². The minimum Gasteiger partial charge on any atom is -0.369 e. The van der Waals surface area contributed by atoms with E-state index in [2.05, 4.69) is 4.99 Å². The quantitative estimate of drug-likeness (QED) is 0.680. The van der Waals surface area contributed by atoms with Crippen molar-refractivity contribution < 1.29 is 4.79 Å². The van der Waals surface area contributed by atoms with Gasteiger partial charge in [0.1, 0.15) is 5.82 Å². The van der Waals surface area contributed by atoms with E-state index in [9.17, 15) is 14.4 Å². The minimum atomic E-state index is -0.581. The lowest BCUT2D eigenvalue weighted by molar-refractivity contribution is -0.119. The second kappa shape index (κ2) is 3.94. The molecule has 0 radical (unpaired) electrons. The summed E-state index contributed by atoms with van der Waals surface area (Å²) >= 11 is 0. The Morgan fingerprint density at radius 1 is 1.33 bits per heavy atom. The fraction of sp³-hybridized carbons (Fsp3) is 0.455. The zero-order valence-corrected chi connectivity index (χ0v) is 10.4. The number of carbonyl (C=O) groups excluding carboxylic acids is 1. The van der Waals surface area contributed by atoms with E-state index < -0.39 is 23.1 Å². The van der Waals surface area contributed by atoms with Gasteiger partial charge in [0, 0.05) is 19.8 Å². The first-order valence-electron chi connectivity index (χ1n) is 5.48. The minimum absolute atomic E-state index is 0.195. The number of primary amides is 1. The molecule has 0 aromatic carbocycles. The molecular weight excluding hydrogens is 236 g/mol. The summed E-state index contributed by atoms with van der Waals surface area (Å²) in [6.45, 7) is 1.67. The van der Waals surface area contributed by atoms with Crippen molar-refractivity contribution in [2.24, 2.45) is 30.7 Å². The van der Waals surface area contributed by atoms with Gasteiger partial charge in [0.2, 0.25) is 5.91 Å². The third-order valence-electron chi connectivity index (χ3n) is 3.26. The van der Waals surface area contributed by atoms with Crippen molar-refractivity contribution in [3.8, 4) is 0 Å². The summed E-state index contributed by atoms with van der Waals surface area (Å²) < 4.78 is 2.31. The molecule has 0 saturated carbocycles. The third kappa shape index (κ3) is 1.59. The van der Waals surface area contributed by atoms with Crippen molar-refractivity contribution in [2.75, 3.05) is 0 Å². The van der Waals surface area contributed by atoms with Gasteiger partial charge in [0.15, 0.2) is 0 Å². The molecule has 0 spiro atoms. The van der Waals surface area contributed by atoms with Gasteiger partial charge in [-0.2, -0.15) is 0 Å². The Kier molecular flexibility index (Phi) is 2.68. The van der Waals surface area contributed by atoms with Crippen LogP contribution in [0.3, 0.4) is 0 Å². The van der Waals surface area contributed by atoms with Crippen molar-refractivity contribution in [3.05, 3.63) is 26.4 Å². The summed E-state index contributed by atoms with van der Waals surface area (Å²) in [5, 5.41) is 0. The number of hydrogen-bond acceptors (Lipinski definition) is 4. The fourth-order valence-electron chi connectivity index (χ4n) is 2.13. The molecule has 1 aliphatic heterocycles. The van der Waals surface area contributed by atoms with Crippen molar-refractivity contribution >= 4 is 17.4 Å². The summed E-state index contributed by atoms with van der Waals surface area (Å²) in [4.78, 5) is 39.2. The highest BCUT2D eigenvalue weighted by Crippen LogP contribution is 2.24. The van der Waals surface area contributed by atoms with E-state index >= 15 is 0 Å². The molecule has 2 rings (SSSR count). The Balaban J connectivity index is 2.78. The van der Waals surface area contributed by atoms with Gasteiger partial charge in [-0.25, -0.2) is 9.79 Å². The first-order chi connectivity index (χ1) is 8.34. The zero-order chi connectivity index (χ0) is 13.6. The van der Waals surface area contributed by atoms with Crippen LogP contribution in [0.5, 0.6) is 0 Å². The number of hydrogen-bond donors (Lipinski definition) is 1. The summed E-state index contributed by atoms with van der Waals surface area (Å²) in [6, 6.07) is 0. The Morgan fingerprint density at radius 2 is 1.94 bits per heavy atom. The Labute approximate surface area is 103 Å². The van der Waals surface area contributed by atoms with Crippen LogP contribution in [0.4, 0.5) is 5.82 Å². The van der Waals surface area contributed by atoms with Crippen molar-refractivity contribution in [1.82, 2.24) is 9.13 Å². The second-order valence-corrected chi connectivity index (χ2v) is 4.42. The van der Waals surface area contributed by atoms with Crippen molar-refractivity contribution in [3.63, 3.8) is 0 Å². The summed E-state index contributed by atoms with van der Waals surface area (Å²) in [5.41, 5.74) is 5.30. The molecule has 2 N–H and O–H groups in total. The molecule has 0 bridgehead atoms. The molecule has 7 nitrogen and oxygen atoms in total. The van der Waals surface area contributed by atoms with Crippen LogP contribution in [0, 0.1) is 5.92 Å². The standard InChI is InChI=1S/C11H14N4O3/c1-5-6(8(12)16)4-7-9(13-5)14(2)11(18)15(3)10(7)17/h6H,4H2,1-3H3,(H2,12,16). The topological polar surface area (TPSA) is 99.4 Å². The molecule has 1 atom stereocenters. The smallest absolute Gasteiger partial charge is 0.332 e. The number of nitrogens with zero attached hydrogens (tertiary/aromatic N) is 3. The van der Waals surface area contributed by atoms with Gasteiger partial charge in [0.05, 0.1) is 11.5 Å². The Morgan fingerprint density at radius 3 is 2.50 bits per heavy atom. The van der Waals surface area contributed by atoms with Gasteiger partial charge in [0.25, 0.3) is 5.56 Å². The molecule has 0 aliphatic carbocycles. The van der Waals surface area contributed by atoms with Crippen LogP contribution in [0.25, 0.3) is 0 Å². The molecule has 96 valence electrons. The van der Waals surface area contributed by atoms with Crippen LogP contribution in [0.2, 0.25) is 0 Å². The van der Waals surface area contributed by atoms with Gasteiger partial charge in [-0.05, 0) is 13.3 Å². The number of rotatable bonds is 1. The van der Waals surface area contributed by atoms with E-state index in [4.69, 9.17) is 5.73 Å². The molecule has 1 aromatic rings. The van der Waals surface area contributed by atoms with Crippen LogP contribution in [0.1, 0.15) is 12.5 Å². The van der Waals surface area contributed by atoms with E-state index in [1.807, 2.05) is 0 Å². The number of fused-ring (bicyclic) bond motifs is 1. The molecule has 0 saturated heterocycles. The predicted octanol–water partition coefficient (Wildman–Crippen LogP) is -1.17. The summed E-state index contributed by atoms with van der Waals surface area (Å²) in [7, 11) is 2.94. The Hall–Kier alpha value is -2.18. The molecule has 1 aliphatic rings. The monoisotopic (exact) mass is 250 g/mol. The molecule has 1 unspecified atom stereocenters. The number of aliphatic imine (C=N–C) groups is 1. The first-order valence-corrected chi connectivity index (χ1v) is 5.48. The highest BCUT2D eigenvalue weighted by Gasteiger charge is 2.29. The lowest BCUT2D eigenvalue weighted by atomic mass is 9.93. The van der Waals surface area contributed by atoms with Crippen LogP contribution < -0.4 is 17.0 Å². The SMILES string of the molecule is CC1=Nc2c(c(=O)n(C)c(=O)n2C)CC1C(N)=O. The fourth-order valence-corrected chi connectivity index (χ4v) is 2.13. The lowest BCUT2D eigenvalue weighted by Crippen LogP contribution is -2.42. The van der Waals surface area contributed by atoms with Gasteiger partial charge in [-0.1, -0.05) is 0 Å². The van der Waals surface area contributed by atoms with Gasteiger partial charge >= 0.3 is 5.69 Å². The average molecular weight is 250 g/mol. The molecule has 0 fully saturated rings. The summed E-state index contributed by atoms with van der Waals surface area (Å²) in [5.74, 6) is -0.779. The highest BCUT2D eigenvalue weighted by atomic mass is 16.2. The number of aromatic nitrogens is 2.